The van der Waals surface area contributed by atoms with E-state index in [0.29, 0.717) is 12.3 Å². The predicted octanol–water partition coefficient (Wildman–Crippen LogP) is 0.479. The van der Waals surface area contributed by atoms with E-state index in [0.717, 1.165) is 43.1 Å². The van der Waals surface area contributed by atoms with Gasteiger partial charge in [-0.15, -0.1) is 0 Å². The fourth-order valence-electron chi connectivity index (χ4n) is 2.69. The molecule has 3 rings (SSSR count). The summed E-state index contributed by atoms with van der Waals surface area (Å²) in [7, 11) is 0. The molecule has 2 heterocycles. The van der Waals surface area contributed by atoms with E-state index in [1.54, 1.807) is 0 Å². The number of amides is 1. The lowest BCUT2D eigenvalue weighted by Crippen LogP contribution is -2.56. The normalized spacial score (nSPS) is 26.6. The number of carbonyl (C=O) groups excluding carboxylic acids is 1. The number of piperidine rings is 1. The first-order valence-corrected chi connectivity index (χ1v) is 7.11. The number of primary amides is 1. The summed E-state index contributed by atoms with van der Waals surface area (Å²) in [5.74, 6) is 1.50. The smallest absolute Gasteiger partial charge is 0.251 e. The highest BCUT2D eigenvalue weighted by atomic mass is 16.3. The number of β-amino-alcohol motifs (C(OH)–C–C–N with tert-alkyl or cyclic N) is 1. The molecule has 2 aliphatic rings. The Kier molecular flexibility index (Phi) is 3.12. The van der Waals surface area contributed by atoms with Crippen LogP contribution in [0.25, 0.3) is 0 Å². The van der Waals surface area contributed by atoms with Gasteiger partial charge in [0, 0.05) is 24.2 Å². The lowest BCUT2D eigenvalue weighted by Gasteiger charge is -2.37. The second-order valence-electron chi connectivity index (χ2n) is 5.92. The van der Waals surface area contributed by atoms with Gasteiger partial charge in [0.2, 0.25) is 0 Å². The Hall–Kier alpha value is -1.69. The number of aromatic nitrogens is 2. The highest BCUT2D eigenvalue weighted by Gasteiger charge is 2.39. The monoisotopic (exact) mass is 276 g/mol. The van der Waals surface area contributed by atoms with Crippen LogP contribution in [0.1, 0.15) is 43.1 Å². The quantitative estimate of drug-likeness (QED) is 0.837. The zero-order chi connectivity index (χ0) is 14.3. The van der Waals surface area contributed by atoms with Crippen LogP contribution in [0, 0.1) is 6.92 Å². The highest BCUT2D eigenvalue weighted by Crippen LogP contribution is 2.39. The van der Waals surface area contributed by atoms with Crippen molar-refractivity contribution in [2.75, 3.05) is 18.0 Å². The van der Waals surface area contributed by atoms with Gasteiger partial charge in [0.25, 0.3) is 5.91 Å². The van der Waals surface area contributed by atoms with Gasteiger partial charge in [0.1, 0.15) is 11.6 Å². The molecule has 6 heteroatoms. The molecule has 1 aliphatic heterocycles. The summed E-state index contributed by atoms with van der Waals surface area (Å²) >= 11 is 0. The van der Waals surface area contributed by atoms with E-state index in [1.807, 2.05) is 17.9 Å². The van der Waals surface area contributed by atoms with E-state index in [4.69, 9.17) is 5.73 Å². The third-order valence-corrected chi connectivity index (χ3v) is 4.05. The van der Waals surface area contributed by atoms with Crippen LogP contribution in [0.2, 0.25) is 0 Å². The third kappa shape index (κ3) is 2.47. The summed E-state index contributed by atoms with van der Waals surface area (Å²) in [5.41, 5.74) is 4.79. The van der Waals surface area contributed by atoms with Crippen LogP contribution in [-0.2, 0) is 4.79 Å². The van der Waals surface area contributed by atoms with Crippen molar-refractivity contribution in [3.8, 4) is 0 Å². The molecule has 108 valence electrons. The van der Waals surface area contributed by atoms with E-state index in [9.17, 15) is 9.90 Å². The van der Waals surface area contributed by atoms with Crippen LogP contribution in [0.3, 0.4) is 0 Å². The summed E-state index contributed by atoms with van der Waals surface area (Å²) in [6.45, 7) is 2.93. The van der Waals surface area contributed by atoms with Crippen molar-refractivity contribution in [1.29, 1.82) is 0 Å². The maximum Gasteiger partial charge on any atom is 0.251 e. The number of carbonyl (C=O) groups is 1. The molecule has 1 aliphatic carbocycles. The molecule has 0 spiro atoms. The molecule has 1 saturated carbocycles. The van der Waals surface area contributed by atoms with Gasteiger partial charge in [-0.2, -0.15) is 0 Å². The molecule has 1 unspecified atom stereocenters. The van der Waals surface area contributed by atoms with E-state index in [2.05, 4.69) is 9.97 Å². The molecule has 1 atom stereocenters. The maximum atomic E-state index is 11.4. The molecule has 2 fully saturated rings. The zero-order valence-corrected chi connectivity index (χ0v) is 11.7. The first-order chi connectivity index (χ1) is 9.48. The van der Waals surface area contributed by atoms with Crippen molar-refractivity contribution in [2.24, 2.45) is 5.73 Å². The van der Waals surface area contributed by atoms with Gasteiger partial charge in [0.05, 0.1) is 6.54 Å². The van der Waals surface area contributed by atoms with Crippen molar-refractivity contribution in [3.63, 3.8) is 0 Å². The molecule has 20 heavy (non-hydrogen) atoms. The molecule has 6 nitrogen and oxygen atoms in total. The summed E-state index contributed by atoms with van der Waals surface area (Å²) < 4.78 is 0. The molecule has 0 bridgehead atoms. The Morgan fingerprint density at radius 3 is 2.90 bits per heavy atom. The molecule has 1 amide bonds. The Labute approximate surface area is 118 Å². The highest BCUT2D eigenvalue weighted by molar-refractivity contribution is 5.84. The summed E-state index contributed by atoms with van der Waals surface area (Å²) in [4.78, 5) is 22.4. The Bertz CT molecular complexity index is 544. The van der Waals surface area contributed by atoms with Gasteiger partial charge in [0.15, 0.2) is 5.60 Å². The number of anilines is 1. The number of hydrogen-bond donors (Lipinski definition) is 2. The Morgan fingerprint density at radius 1 is 1.50 bits per heavy atom. The predicted molar refractivity (Wildman–Crippen MR) is 74.3 cm³/mol. The first-order valence-electron chi connectivity index (χ1n) is 7.11. The lowest BCUT2D eigenvalue weighted by atomic mass is 9.92. The largest absolute Gasteiger partial charge is 0.378 e. The topological polar surface area (TPSA) is 92.3 Å². The summed E-state index contributed by atoms with van der Waals surface area (Å²) in [5, 5.41) is 10.3. The van der Waals surface area contributed by atoms with Crippen molar-refractivity contribution < 1.29 is 9.90 Å². The molecule has 0 radical (unpaired) electrons. The van der Waals surface area contributed by atoms with Crippen LogP contribution in [0.15, 0.2) is 6.07 Å². The SMILES string of the molecule is Cc1cc(N2CCCC(O)(C(N)=O)C2)nc(C2CC2)n1. The van der Waals surface area contributed by atoms with Crippen molar-refractivity contribution in [3.05, 3.63) is 17.6 Å². The zero-order valence-electron chi connectivity index (χ0n) is 11.7. The van der Waals surface area contributed by atoms with Crippen molar-refractivity contribution in [2.45, 2.75) is 44.1 Å². The van der Waals surface area contributed by atoms with Crippen LogP contribution >= 0.6 is 0 Å². The summed E-state index contributed by atoms with van der Waals surface area (Å²) in [6.07, 6.45) is 3.43. The van der Waals surface area contributed by atoms with E-state index in [-0.39, 0.29) is 6.54 Å². The number of rotatable bonds is 3. The number of hydrogen-bond acceptors (Lipinski definition) is 5. The molecule has 0 aromatic carbocycles. The van der Waals surface area contributed by atoms with Crippen LogP contribution in [-0.4, -0.2) is 39.7 Å². The van der Waals surface area contributed by atoms with E-state index >= 15 is 0 Å². The number of aryl methyl sites for hydroxylation is 1. The van der Waals surface area contributed by atoms with Crippen molar-refractivity contribution >= 4 is 11.7 Å². The fourth-order valence-corrected chi connectivity index (χ4v) is 2.69. The van der Waals surface area contributed by atoms with Gasteiger partial charge in [-0.1, -0.05) is 0 Å². The molecular formula is C14H20N4O2. The number of aliphatic hydroxyl groups is 1. The van der Waals surface area contributed by atoms with Crippen LogP contribution < -0.4 is 10.6 Å². The summed E-state index contributed by atoms with van der Waals surface area (Å²) in [6, 6.07) is 1.90. The number of nitrogens with zero attached hydrogens (tertiary/aromatic N) is 3. The fraction of sp³-hybridized carbons (Fsp3) is 0.643. The Balaban J connectivity index is 1.86. The Morgan fingerprint density at radius 2 is 2.25 bits per heavy atom. The van der Waals surface area contributed by atoms with Crippen LogP contribution in [0.4, 0.5) is 5.82 Å². The molecule has 3 N–H and O–H groups in total. The van der Waals surface area contributed by atoms with Gasteiger partial charge >= 0.3 is 0 Å². The second kappa shape index (κ2) is 4.70. The second-order valence-corrected chi connectivity index (χ2v) is 5.92. The molecule has 1 aromatic heterocycles. The van der Waals surface area contributed by atoms with Crippen LogP contribution in [0.5, 0.6) is 0 Å². The maximum absolute atomic E-state index is 11.4. The van der Waals surface area contributed by atoms with E-state index in [1.165, 1.54) is 0 Å². The van der Waals surface area contributed by atoms with Gasteiger partial charge in [-0.3, -0.25) is 4.79 Å². The van der Waals surface area contributed by atoms with Gasteiger partial charge in [-0.05, 0) is 32.6 Å². The third-order valence-electron chi connectivity index (χ3n) is 4.05. The average Bonchev–Trinajstić information content (AvgIpc) is 3.22. The minimum Gasteiger partial charge on any atom is -0.378 e. The van der Waals surface area contributed by atoms with Crippen molar-refractivity contribution in [1.82, 2.24) is 9.97 Å². The average molecular weight is 276 g/mol. The molecule has 1 saturated heterocycles. The molecule has 1 aromatic rings. The minimum atomic E-state index is -1.45. The number of nitrogens with two attached hydrogens (primary N) is 1. The first kappa shape index (κ1) is 13.3. The van der Waals surface area contributed by atoms with Gasteiger partial charge < -0.3 is 15.7 Å². The van der Waals surface area contributed by atoms with E-state index < -0.39 is 11.5 Å². The minimum absolute atomic E-state index is 0.211. The standard InChI is InChI=1S/C14H20N4O2/c1-9-7-11(17-12(16-9)10-3-4-10)18-6-2-5-14(20,8-18)13(15)19/h7,10,20H,2-6,8H2,1H3,(H2,15,19). The van der Waals surface area contributed by atoms with Gasteiger partial charge in [-0.25, -0.2) is 9.97 Å². The lowest BCUT2D eigenvalue weighted by molar-refractivity contribution is -0.137. The molecular weight excluding hydrogens is 256 g/mol.